The smallest absolute Gasteiger partial charge is 0.257 e. The fourth-order valence-corrected chi connectivity index (χ4v) is 2.37. The van der Waals surface area contributed by atoms with Crippen molar-refractivity contribution in [2.75, 3.05) is 5.32 Å². The summed E-state index contributed by atoms with van der Waals surface area (Å²) >= 11 is 5.88. The van der Waals surface area contributed by atoms with Crippen LogP contribution in [0.4, 0.5) is 10.1 Å². The fourth-order valence-electron chi connectivity index (χ4n) is 2.11. The average Bonchev–Trinajstić information content (AvgIpc) is 2.58. The fraction of sp³-hybridized carbons (Fsp3) is 0.0526. The molecule has 0 atom stereocenters. The first-order valence-electron chi connectivity index (χ1n) is 7.48. The molecule has 4 nitrogen and oxygen atoms in total. The molecule has 3 rings (SSSR count). The van der Waals surface area contributed by atoms with Crippen LogP contribution in [0.2, 0.25) is 5.02 Å². The molecule has 0 radical (unpaired) electrons. The number of nitrogens with zero attached hydrogens (tertiary/aromatic N) is 1. The Balaban J connectivity index is 1.67. The number of nitrogens with one attached hydrogen (secondary N) is 1. The van der Waals surface area contributed by atoms with Gasteiger partial charge in [0, 0.05) is 6.07 Å². The maximum absolute atomic E-state index is 13.0. The molecule has 0 fully saturated rings. The van der Waals surface area contributed by atoms with E-state index in [4.69, 9.17) is 16.3 Å². The number of hydrogen-bond donors (Lipinski definition) is 1. The van der Waals surface area contributed by atoms with Crippen LogP contribution in [0.1, 0.15) is 15.9 Å². The first kappa shape index (κ1) is 16.9. The second-order valence-corrected chi connectivity index (χ2v) is 5.79. The molecule has 0 aliphatic carbocycles. The summed E-state index contributed by atoms with van der Waals surface area (Å²) < 4.78 is 18.7. The minimum atomic E-state index is -0.499. The Kier molecular flexibility index (Phi) is 4.95. The van der Waals surface area contributed by atoms with Gasteiger partial charge in [-0.2, -0.15) is 0 Å². The Hall–Kier alpha value is -2.92. The van der Waals surface area contributed by atoms with E-state index in [0.29, 0.717) is 17.3 Å². The Labute approximate surface area is 149 Å². The molecule has 2 aromatic carbocycles. The molecule has 1 N–H and O–H groups in total. The highest BCUT2D eigenvalue weighted by atomic mass is 35.5. The van der Waals surface area contributed by atoms with E-state index in [1.165, 1.54) is 18.3 Å². The summed E-state index contributed by atoms with van der Waals surface area (Å²) in [6.45, 7) is 1.99. The molecule has 126 valence electrons. The van der Waals surface area contributed by atoms with Crippen LogP contribution in [0.15, 0.2) is 60.8 Å². The second kappa shape index (κ2) is 7.32. The zero-order valence-electron chi connectivity index (χ0n) is 13.3. The van der Waals surface area contributed by atoms with Crippen LogP contribution in [-0.4, -0.2) is 10.9 Å². The molecule has 3 aromatic rings. The minimum Gasteiger partial charge on any atom is -0.439 e. The van der Waals surface area contributed by atoms with Gasteiger partial charge in [-0.25, -0.2) is 9.37 Å². The van der Waals surface area contributed by atoms with Gasteiger partial charge in [0.05, 0.1) is 22.5 Å². The monoisotopic (exact) mass is 356 g/mol. The van der Waals surface area contributed by atoms with Crippen molar-refractivity contribution in [3.05, 3.63) is 82.8 Å². The Morgan fingerprint density at radius 3 is 2.52 bits per heavy atom. The maximum Gasteiger partial charge on any atom is 0.257 e. The molecule has 0 aliphatic heterocycles. The van der Waals surface area contributed by atoms with Crippen molar-refractivity contribution in [2.24, 2.45) is 0 Å². The number of ether oxygens (including phenoxy) is 1. The van der Waals surface area contributed by atoms with E-state index in [2.05, 4.69) is 10.3 Å². The van der Waals surface area contributed by atoms with E-state index in [-0.39, 0.29) is 10.6 Å². The third kappa shape index (κ3) is 4.33. The minimum absolute atomic E-state index is 0.0461. The number of rotatable bonds is 4. The van der Waals surface area contributed by atoms with E-state index >= 15 is 0 Å². The molecule has 1 heterocycles. The van der Waals surface area contributed by atoms with Gasteiger partial charge in [0.1, 0.15) is 11.6 Å². The lowest BCUT2D eigenvalue weighted by Crippen LogP contribution is -2.12. The van der Waals surface area contributed by atoms with Crippen LogP contribution in [-0.2, 0) is 0 Å². The first-order chi connectivity index (χ1) is 12.0. The van der Waals surface area contributed by atoms with Crippen molar-refractivity contribution in [3.8, 4) is 11.6 Å². The zero-order chi connectivity index (χ0) is 17.8. The first-order valence-corrected chi connectivity index (χ1v) is 7.86. The SMILES string of the molecule is Cc1ccc(Oc2ccc(NC(=O)c3ccc(F)cc3Cl)cn2)cc1. The highest BCUT2D eigenvalue weighted by Crippen LogP contribution is 2.22. The van der Waals surface area contributed by atoms with E-state index in [1.54, 1.807) is 12.1 Å². The number of hydrogen-bond acceptors (Lipinski definition) is 3. The third-order valence-corrected chi connectivity index (χ3v) is 3.73. The number of aryl methyl sites for hydroxylation is 1. The van der Waals surface area contributed by atoms with Gasteiger partial charge in [-0.3, -0.25) is 4.79 Å². The number of halogens is 2. The van der Waals surface area contributed by atoms with Gasteiger partial charge in [-0.15, -0.1) is 0 Å². The lowest BCUT2D eigenvalue weighted by atomic mass is 10.2. The highest BCUT2D eigenvalue weighted by Gasteiger charge is 2.11. The van der Waals surface area contributed by atoms with Gasteiger partial charge in [0.15, 0.2) is 0 Å². The topological polar surface area (TPSA) is 51.2 Å². The van der Waals surface area contributed by atoms with Crippen LogP contribution in [0, 0.1) is 12.7 Å². The molecule has 25 heavy (non-hydrogen) atoms. The average molecular weight is 357 g/mol. The van der Waals surface area contributed by atoms with Crippen LogP contribution in [0.5, 0.6) is 11.6 Å². The predicted molar refractivity (Wildman–Crippen MR) is 94.9 cm³/mol. The molecule has 0 saturated carbocycles. The molecule has 1 amide bonds. The number of carbonyl (C=O) groups is 1. The van der Waals surface area contributed by atoms with Crippen LogP contribution >= 0.6 is 11.6 Å². The number of benzene rings is 2. The molecular weight excluding hydrogens is 343 g/mol. The maximum atomic E-state index is 13.0. The Morgan fingerprint density at radius 1 is 1.12 bits per heavy atom. The molecular formula is C19H14ClFN2O2. The lowest BCUT2D eigenvalue weighted by molar-refractivity contribution is 0.102. The van der Waals surface area contributed by atoms with Gasteiger partial charge in [0.2, 0.25) is 5.88 Å². The molecule has 6 heteroatoms. The van der Waals surface area contributed by atoms with Crippen molar-refractivity contribution < 1.29 is 13.9 Å². The summed E-state index contributed by atoms with van der Waals surface area (Å²) in [5, 5.41) is 2.70. The summed E-state index contributed by atoms with van der Waals surface area (Å²) in [5.74, 6) is 0.134. The molecule has 0 unspecified atom stereocenters. The van der Waals surface area contributed by atoms with Crippen molar-refractivity contribution in [3.63, 3.8) is 0 Å². The van der Waals surface area contributed by atoms with Gasteiger partial charge in [0.25, 0.3) is 5.91 Å². The van der Waals surface area contributed by atoms with Crippen LogP contribution in [0.25, 0.3) is 0 Å². The number of anilines is 1. The van der Waals surface area contributed by atoms with E-state index in [9.17, 15) is 9.18 Å². The van der Waals surface area contributed by atoms with Crippen LogP contribution < -0.4 is 10.1 Å². The van der Waals surface area contributed by atoms with Crippen LogP contribution in [0.3, 0.4) is 0 Å². The highest BCUT2D eigenvalue weighted by molar-refractivity contribution is 6.34. The van der Waals surface area contributed by atoms with Gasteiger partial charge in [-0.1, -0.05) is 29.3 Å². The Bertz CT molecular complexity index is 896. The molecule has 0 spiro atoms. The van der Waals surface area contributed by atoms with Crippen molar-refractivity contribution >= 4 is 23.2 Å². The van der Waals surface area contributed by atoms with E-state index in [1.807, 2.05) is 31.2 Å². The second-order valence-electron chi connectivity index (χ2n) is 5.38. The largest absolute Gasteiger partial charge is 0.439 e. The van der Waals surface area contributed by atoms with E-state index < -0.39 is 11.7 Å². The Morgan fingerprint density at radius 2 is 1.88 bits per heavy atom. The normalized spacial score (nSPS) is 10.4. The molecule has 0 aliphatic rings. The number of pyridine rings is 1. The quantitative estimate of drug-likeness (QED) is 0.696. The summed E-state index contributed by atoms with van der Waals surface area (Å²) in [5.41, 5.74) is 1.79. The molecule has 1 aromatic heterocycles. The summed E-state index contributed by atoms with van der Waals surface area (Å²) in [6.07, 6.45) is 1.47. The summed E-state index contributed by atoms with van der Waals surface area (Å²) in [7, 11) is 0. The number of amides is 1. The number of aromatic nitrogens is 1. The summed E-state index contributed by atoms with van der Waals surface area (Å²) in [4.78, 5) is 16.3. The lowest BCUT2D eigenvalue weighted by Gasteiger charge is -2.08. The van der Waals surface area contributed by atoms with Gasteiger partial charge < -0.3 is 10.1 Å². The standard InChI is InChI=1S/C19H14ClFN2O2/c1-12-2-6-15(7-3-12)25-18-9-5-14(11-22-18)23-19(24)16-8-4-13(21)10-17(16)20/h2-11H,1H3,(H,23,24). The van der Waals surface area contributed by atoms with Crippen molar-refractivity contribution in [1.82, 2.24) is 4.98 Å². The van der Waals surface area contributed by atoms with E-state index in [0.717, 1.165) is 11.6 Å². The molecule has 0 bridgehead atoms. The number of carbonyl (C=O) groups excluding carboxylic acids is 1. The van der Waals surface area contributed by atoms with Gasteiger partial charge in [-0.05, 0) is 43.3 Å². The van der Waals surface area contributed by atoms with Crippen molar-refractivity contribution in [1.29, 1.82) is 0 Å². The molecule has 0 saturated heterocycles. The zero-order valence-corrected chi connectivity index (χ0v) is 14.0. The summed E-state index contributed by atoms with van der Waals surface area (Å²) in [6, 6.07) is 14.5. The third-order valence-electron chi connectivity index (χ3n) is 3.41. The van der Waals surface area contributed by atoms with Crippen molar-refractivity contribution in [2.45, 2.75) is 6.92 Å². The predicted octanol–water partition coefficient (Wildman–Crippen LogP) is 5.23. The van der Waals surface area contributed by atoms with Gasteiger partial charge >= 0.3 is 0 Å².